The van der Waals surface area contributed by atoms with E-state index in [0.29, 0.717) is 17.8 Å². The van der Waals surface area contributed by atoms with Gasteiger partial charge in [-0.25, -0.2) is 0 Å². The lowest BCUT2D eigenvalue weighted by atomic mass is 9.99. The fourth-order valence-electron chi connectivity index (χ4n) is 3.15. The molecule has 1 saturated heterocycles. The zero-order chi connectivity index (χ0) is 18.8. The van der Waals surface area contributed by atoms with Gasteiger partial charge in [-0.05, 0) is 46.8 Å². The topological polar surface area (TPSA) is 84.7 Å². The third kappa shape index (κ3) is 4.76. The van der Waals surface area contributed by atoms with Gasteiger partial charge in [0.1, 0.15) is 5.69 Å². The summed E-state index contributed by atoms with van der Waals surface area (Å²) in [5, 5.41) is 14.5. The summed E-state index contributed by atoms with van der Waals surface area (Å²) in [6.07, 6.45) is 0.319. The zero-order valence-corrected chi connectivity index (χ0v) is 15.5. The van der Waals surface area contributed by atoms with Crippen LogP contribution in [0.2, 0.25) is 0 Å². The summed E-state index contributed by atoms with van der Waals surface area (Å²) in [5.74, 6) is -0.189. The van der Waals surface area contributed by atoms with Crippen molar-refractivity contribution in [1.82, 2.24) is 4.90 Å². The number of rotatable bonds is 6. The number of nitrogens with zero attached hydrogens (tertiary/aromatic N) is 2. The number of ketones is 1. The van der Waals surface area contributed by atoms with E-state index in [2.05, 4.69) is 37.9 Å². The molecule has 0 bridgehead atoms. The molecule has 0 saturated carbocycles. The maximum absolute atomic E-state index is 11.5. The molecule has 0 radical (unpaired) electrons. The summed E-state index contributed by atoms with van der Waals surface area (Å²) >= 11 is 0. The van der Waals surface area contributed by atoms with E-state index in [4.69, 9.17) is 4.74 Å². The molecular weight excluding hydrogens is 322 g/mol. The van der Waals surface area contributed by atoms with Gasteiger partial charge in [0.05, 0.1) is 17.1 Å². The SMILES string of the molecule is CC(=O)c1ccc(NCC(C)(C)N2C[C@@H](C)O[C@@H](C)C2)c([N+](=O)[O-])c1. The second-order valence-electron chi connectivity index (χ2n) is 7.37. The van der Waals surface area contributed by atoms with Crippen molar-refractivity contribution in [3.05, 3.63) is 33.9 Å². The maximum atomic E-state index is 11.5. The third-order valence-electron chi connectivity index (χ3n) is 4.59. The molecule has 7 heteroatoms. The van der Waals surface area contributed by atoms with Crippen molar-refractivity contribution >= 4 is 17.2 Å². The van der Waals surface area contributed by atoms with Crippen LogP contribution in [0.3, 0.4) is 0 Å². The van der Waals surface area contributed by atoms with Crippen LogP contribution in [0.25, 0.3) is 0 Å². The number of nitrogens with one attached hydrogen (secondary N) is 1. The third-order valence-corrected chi connectivity index (χ3v) is 4.59. The molecule has 1 aliphatic rings. The van der Waals surface area contributed by atoms with Crippen LogP contribution in [-0.2, 0) is 4.74 Å². The second-order valence-corrected chi connectivity index (χ2v) is 7.37. The number of ether oxygens (including phenoxy) is 1. The smallest absolute Gasteiger partial charge is 0.293 e. The van der Waals surface area contributed by atoms with Crippen molar-refractivity contribution in [1.29, 1.82) is 0 Å². The largest absolute Gasteiger partial charge is 0.378 e. The van der Waals surface area contributed by atoms with Crippen molar-refractivity contribution in [3.8, 4) is 0 Å². The summed E-state index contributed by atoms with van der Waals surface area (Å²) in [6, 6.07) is 4.55. The van der Waals surface area contributed by atoms with E-state index in [1.165, 1.54) is 13.0 Å². The molecule has 0 unspecified atom stereocenters. The number of Topliss-reactive ketones (excluding diaryl/α,β-unsaturated/α-hetero) is 1. The number of nitro benzene ring substituents is 1. The molecule has 138 valence electrons. The minimum Gasteiger partial charge on any atom is -0.378 e. The highest BCUT2D eigenvalue weighted by Crippen LogP contribution is 2.28. The van der Waals surface area contributed by atoms with Crippen molar-refractivity contribution < 1.29 is 14.5 Å². The molecule has 1 aromatic rings. The van der Waals surface area contributed by atoms with Crippen LogP contribution in [-0.4, -0.2) is 53.0 Å². The van der Waals surface area contributed by atoms with Gasteiger partial charge in [-0.2, -0.15) is 0 Å². The average molecular weight is 349 g/mol. The first kappa shape index (κ1) is 19.3. The van der Waals surface area contributed by atoms with Gasteiger partial charge in [-0.3, -0.25) is 19.8 Å². The fraction of sp³-hybridized carbons (Fsp3) is 0.611. The Hall–Kier alpha value is -1.99. The minimum absolute atomic E-state index is 0.0767. The fourth-order valence-corrected chi connectivity index (χ4v) is 3.15. The number of morpholine rings is 1. The molecule has 2 atom stereocenters. The van der Waals surface area contributed by atoms with Crippen LogP contribution in [0, 0.1) is 10.1 Å². The van der Waals surface area contributed by atoms with Gasteiger partial charge in [-0.15, -0.1) is 0 Å². The van der Waals surface area contributed by atoms with Crippen LogP contribution >= 0.6 is 0 Å². The molecule has 1 heterocycles. The van der Waals surface area contributed by atoms with Gasteiger partial charge in [-0.1, -0.05) is 0 Å². The molecular formula is C18H27N3O4. The number of anilines is 1. The average Bonchev–Trinajstić information content (AvgIpc) is 2.51. The van der Waals surface area contributed by atoms with Gasteiger partial charge >= 0.3 is 0 Å². The lowest BCUT2D eigenvalue weighted by Gasteiger charge is -2.45. The van der Waals surface area contributed by atoms with Crippen molar-refractivity contribution in [2.45, 2.75) is 52.4 Å². The van der Waals surface area contributed by atoms with Crippen LogP contribution in [0.1, 0.15) is 45.0 Å². The number of benzene rings is 1. The quantitative estimate of drug-likeness (QED) is 0.483. The van der Waals surface area contributed by atoms with E-state index in [0.717, 1.165) is 13.1 Å². The molecule has 7 nitrogen and oxygen atoms in total. The Labute approximate surface area is 148 Å². The van der Waals surface area contributed by atoms with Crippen molar-refractivity contribution in [2.75, 3.05) is 25.0 Å². The van der Waals surface area contributed by atoms with E-state index in [1.807, 2.05) is 0 Å². The summed E-state index contributed by atoms with van der Waals surface area (Å²) in [5.41, 5.74) is 0.497. The summed E-state index contributed by atoms with van der Waals surface area (Å²) < 4.78 is 5.78. The van der Waals surface area contributed by atoms with Crippen LogP contribution in [0.5, 0.6) is 0 Å². The first-order chi connectivity index (χ1) is 11.6. The lowest BCUT2D eigenvalue weighted by Crippen LogP contribution is -2.57. The number of carbonyl (C=O) groups excluding carboxylic acids is 1. The number of nitro groups is 1. The Balaban J connectivity index is 2.14. The summed E-state index contributed by atoms with van der Waals surface area (Å²) in [6.45, 7) is 11.9. The second kappa shape index (κ2) is 7.49. The molecule has 0 amide bonds. The van der Waals surface area contributed by atoms with Gasteiger partial charge < -0.3 is 10.1 Å². The molecule has 25 heavy (non-hydrogen) atoms. The highest BCUT2D eigenvalue weighted by atomic mass is 16.6. The Morgan fingerprint density at radius 3 is 2.48 bits per heavy atom. The highest BCUT2D eigenvalue weighted by molar-refractivity contribution is 5.95. The molecule has 1 fully saturated rings. The number of hydrogen-bond acceptors (Lipinski definition) is 6. The van der Waals surface area contributed by atoms with Gasteiger partial charge in [0.2, 0.25) is 0 Å². The molecule has 1 aromatic carbocycles. The van der Waals surface area contributed by atoms with E-state index in [1.54, 1.807) is 12.1 Å². The normalized spacial score (nSPS) is 21.8. The Morgan fingerprint density at radius 2 is 1.96 bits per heavy atom. The number of carbonyl (C=O) groups is 1. The molecule has 0 spiro atoms. The van der Waals surface area contributed by atoms with Crippen molar-refractivity contribution in [2.24, 2.45) is 0 Å². The van der Waals surface area contributed by atoms with Gasteiger partial charge in [0.15, 0.2) is 5.78 Å². The van der Waals surface area contributed by atoms with E-state index in [-0.39, 0.29) is 29.2 Å². The van der Waals surface area contributed by atoms with Crippen molar-refractivity contribution in [3.63, 3.8) is 0 Å². The van der Waals surface area contributed by atoms with Gasteiger partial charge in [0.25, 0.3) is 5.69 Å². The monoisotopic (exact) mass is 349 g/mol. The van der Waals surface area contributed by atoms with E-state index < -0.39 is 4.92 Å². The molecule has 1 aliphatic heterocycles. The van der Waals surface area contributed by atoms with Gasteiger partial charge in [0, 0.05) is 36.8 Å². The lowest BCUT2D eigenvalue weighted by molar-refractivity contribution is -0.384. The number of hydrogen-bond donors (Lipinski definition) is 1. The maximum Gasteiger partial charge on any atom is 0.293 e. The van der Waals surface area contributed by atoms with Crippen LogP contribution in [0.4, 0.5) is 11.4 Å². The van der Waals surface area contributed by atoms with E-state index in [9.17, 15) is 14.9 Å². The standard InChI is InChI=1S/C18H27N3O4/c1-12-9-20(10-13(2)25-12)18(4,5)11-19-16-7-6-15(14(3)22)8-17(16)21(23)24/h6-8,12-13,19H,9-11H2,1-5H3/t12-,13+. The summed E-state index contributed by atoms with van der Waals surface area (Å²) in [4.78, 5) is 24.7. The molecule has 0 aliphatic carbocycles. The van der Waals surface area contributed by atoms with Crippen LogP contribution < -0.4 is 5.32 Å². The Morgan fingerprint density at radius 1 is 1.36 bits per heavy atom. The van der Waals surface area contributed by atoms with Crippen LogP contribution in [0.15, 0.2) is 18.2 Å². The summed E-state index contributed by atoms with van der Waals surface area (Å²) in [7, 11) is 0. The first-order valence-electron chi connectivity index (χ1n) is 8.54. The highest BCUT2D eigenvalue weighted by Gasteiger charge is 2.33. The predicted octanol–water partition coefficient (Wildman–Crippen LogP) is 3.10. The predicted molar refractivity (Wildman–Crippen MR) is 97.3 cm³/mol. The Bertz CT molecular complexity index is 650. The Kier molecular flexibility index (Phi) is 5.80. The molecule has 0 aromatic heterocycles. The van der Waals surface area contributed by atoms with E-state index >= 15 is 0 Å². The minimum atomic E-state index is -0.458. The molecule has 1 N–H and O–H groups in total. The first-order valence-corrected chi connectivity index (χ1v) is 8.54. The molecule has 2 rings (SSSR count). The zero-order valence-electron chi connectivity index (χ0n) is 15.5.